The van der Waals surface area contributed by atoms with E-state index >= 15 is 0 Å². The number of nitriles is 1. The van der Waals surface area contributed by atoms with E-state index in [4.69, 9.17) is 10.4 Å². The Kier molecular flexibility index (Phi) is 4.07. The van der Waals surface area contributed by atoms with Crippen LogP contribution in [0.1, 0.15) is 18.9 Å². The van der Waals surface area contributed by atoms with Gasteiger partial charge in [0.2, 0.25) is 0 Å². The molecule has 0 heterocycles. The zero-order valence-corrected chi connectivity index (χ0v) is 8.50. The molecular formula is C11H13FN2O. The fourth-order valence-electron chi connectivity index (χ4n) is 1.15. The van der Waals surface area contributed by atoms with Crippen molar-refractivity contribution in [2.45, 2.75) is 19.4 Å². The summed E-state index contributed by atoms with van der Waals surface area (Å²) in [5.41, 5.74) is 0.714. The Labute approximate surface area is 88.2 Å². The van der Waals surface area contributed by atoms with Crippen molar-refractivity contribution in [3.05, 3.63) is 29.6 Å². The van der Waals surface area contributed by atoms with Crippen molar-refractivity contribution in [2.75, 3.05) is 11.9 Å². The first kappa shape index (κ1) is 11.5. The molecule has 1 atom stereocenters. The number of hydrogen-bond acceptors (Lipinski definition) is 3. The minimum absolute atomic E-state index is 0.0250. The number of nitrogens with zero attached hydrogens (tertiary/aromatic N) is 1. The van der Waals surface area contributed by atoms with Crippen molar-refractivity contribution in [3.8, 4) is 6.07 Å². The maximum atomic E-state index is 12.9. The van der Waals surface area contributed by atoms with Crippen LogP contribution in [0.5, 0.6) is 0 Å². The molecule has 0 aliphatic carbocycles. The first-order valence-corrected chi connectivity index (χ1v) is 4.75. The molecule has 0 aliphatic heterocycles. The molecule has 80 valence electrons. The highest BCUT2D eigenvalue weighted by atomic mass is 19.1. The molecule has 0 aliphatic rings. The summed E-state index contributed by atoms with van der Waals surface area (Å²) in [6.45, 7) is 2.29. The van der Waals surface area contributed by atoms with Crippen LogP contribution in [0.25, 0.3) is 0 Å². The highest BCUT2D eigenvalue weighted by Gasteiger charge is 2.02. The standard InChI is InChI=1S/C11H13FN2O/c1-8(15)4-5-14-10-2-3-11(12)9(6-10)7-13/h2-3,6,8,14-15H,4-5H2,1H3. The zero-order chi connectivity index (χ0) is 11.3. The van der Waals surface area contributed by atoms with Crippen LogP contribution in [0.2, 0.25) is 0 Å². The number of nitrogens with one attached hydrogen (secondary N) is 1. The van der Waals surface area contributed by atoms with Gasteiger partial charge in [0, 0.05) is 12.2 Å². The predicted molar refractivity (Wildman–Crippen MR) is 55.9 cm³/mol. The number of hydrogen-bond donors (Lipinski definition) is 2. The number of benzene rings is 1. The zero-order valence-electron chi connectivity index (χ0n) is 8.50. The maximum Gasteiger partial charge on any atom is 0.141 e. The molecule has 1 aromatic rings. The Morgan fingerprint density at radius 2 is 2.33 bits per heavy atom. The van der Waals surface area contributed by atoms with E-state index in [-0.39, 0.29) is 11.7 Å². The van der Waals surface area contributed by atoms with E-state index in [1.807, 2.05) is 0 Å². The summed E-state index contributed by atoms with van der Waals surface area (Å²) in [4.78, 5) is 0. The SMILES string of the molecule is CC(O)CCNc1ccc(F)c(C#N)c1. The molecule has 0 aromatic heterocycles. The molecule has 0 amide bonds. The molecule has 1 unspecified atom stereocenters. The van der Waals surface area contributed by atoms with Gasteiger partial charge in [-0.05, 0) is 31.5 Å². The van der Waals surface area contributed by atoms with Crippen LogP contribution in [0.3, 0.4) is 0 Å². The molecule has 0 bridgehead atoms. The summed E-state index contributed by atoms with van der Waals surface area (Å²) in [7, 11) is 0. The molecule has 0 saturated carbocycles. The Morgan fingerprint density at radius 3 is 2.93 bits per heavy atom. The van der Waals surface area contributed by atoms with Crippen molar-refractivity contribution in [1.29, 1.82) is 5.26 Å². The number of rotatable bonds is 4. The second-order valence-electron chi connectivity index (χ2n) is 3.37. The van der Waals surface area contributed by atoms with E-state index in [2.05, 4.69) is 5.32 Å². The minimum atomic E-state index is -0.515. The topological polar surface area (TPSA) is 56.0 Å². The lowest BCUT2D eigenvalue weighted by molar-refractivity contribution is 0.189. The number of aliphatic hydroxyl groups excluding tert-OH is 1. The van der Waals surface area contributed by atoms with Gasteiger partial charge in [-0.3, -0.25) is 0 Å². The molecule has 4 heteroatoms. The van der Waals surface area contributed by atoms with Crippen molar-refractivity contribution in [2.24, 2.45) is 0 Å². The van der Waals surface area contributed by atoms with Crippen LogP contribution < -0.4 is 5.32 Å². The third kappa shape index (κ3) is 3.56. The van der Waals surface area contributed by atoms with Crippen LogP contribution >= 0.6 is 0 Å². The summed E-state index contributed by atoms with van der Waals surface area (Å²) >= 11 is 0. The minimum Gasteiger partial charge on any atom is -0.393 e. The van der Waals surface area contributed by atoms with Gasteiger partial charge in [0.05, 0.1) is 11.7 Å². The largest absolute Gasteiger partial charge is 0.393 e. The van der Waals surface area contributed by atoms with Gasteiger partial charge in [-0.25, -0.2) is 4.39 Å². The maximum absolute atomic E-state index is 12.9. The Balaban J connectivity index is 2.60. The number of anilines is 1. The first-order valence-electron chi connectivity index (χ1n) is 4.75. The van der Waals surface area contributed by atoms with Crippen LogP contribution in [0, 0.1) is 17.1 Å². The molecule has 0 saturated heterocycles. The van der Waals surface area contributed by atoms with E-state index in [0.717, 1.165) is 0 Å². The van der Waals surface area contributed by atoms with E-state index in [9.17, 15) is 4.39 Å². The van der Waals surface area contributed by atoms with Crippen molar-refractivity contribution >= 4 is 5.69 Å². The summed E-state index contributed by atoms with van der Waals surface area (Å²) in [6, 6.07) is 6.05. The van der Waals surface area contributed by atoms with E-state index < -0.39 is 5.82 Å². The third-order valence-corrected chi connectivity index (χ3v) is 1.98. The highest BCUT2D eigenvalue weighted by molar-refractivity contribution is 5.49. The number of halogens is 1. The Hall–Kier alpha value is -1.60. The Bertz CT molecular complexity index is 371. The molecule has 1 rings (SSSR count). The average molecular weight is 208 g/mol. The quantitative estimate of drug-likeness (QED) is 0.794. The highest BCUT2D eigenvalue weighted by Crippen LogP contribution is 2.13. The normalized spacial score (nSPS) is 11.9. The van der Waals surface area contributed by atoms with Gasteiger partial charge in [0.15, 0.2) is 0 Å². The van der Waals surface area contributed by atoms with Crippen molar-refractivity contribution in [1.82, 2.24) is 0 Å². The molecule has 1 aromatic carbocycles. The molecular weight excluding hydrogens is 195 g/mol. The molecule has 0 spiro atoms. The summed E-state index contributed by atoms with van der Waals surface area (Å²) in [5, 5.41) is 20.6. The monoisotopic (exact) mass is 208 g/mol. The summed E-state index contributed by atoms with van der Waals surface area (Å²) in [5.74, 6) is -0.515. The van der Waals surface area contributed by atoms with Gasteiger partial charge in [0.1, 0.15) is 11.9 Å². The first-order chi connectivity index (χ1) is 7.13. The molecule has 3 nitrogen and oxygen atoms in total. The van der Waals surface area contributed by atoms with E-state index in [1.54, 1.807) is 19.1 Å². The van der Waals surface area contributed by atoms with Gasteiger partial charge in [-0.2, -0.15) is 5.26 Å². The van der Waals surface area contributed by atoms with Gasteiger partial charge in [-0.15, -0.1) is 0 Å². The smallest absolute Gasteiger partial charge is 0.141 e. The molecule has 0 fully saturated rings. The van der Waals surface area contributed by atoms with Gasteiger partial charge in [-0.1, -0.05) is 0 Å². The van der Waals surface area contributed by atoms with Crippen molar-refractivity contribution < 1.29 is 9.50 Å². The Morgan fingerprint density at radius 1 is 1.60 bits per heavy atom. The van der Waals surface area contributed by atoms with Gasteiger partial charge < -0.3 is 10.4 Å². The van der Waals surface area contributed by atoms with Gasteiger partial charge in [0.25, 0.3) is 0 Å². The fourth-order valence-corrected chi connectivity index (χ4v) is 1.15. The van der Waals surface area contributed by atoms with Gasteiger partial charge >= 0.3 is 0 Å². The van der Waals surface area contributed by atoms with E-state index in [0.29, 0.717) is 18.7 Å². The molecule has 15 heavy (non-hydrogen) atoms. The van der Waals surface area contributed by atoms with E-state index in [1.165, 1.54) is 12.1 Å². The van der Waals surface area contributed by atoms with Crippen molar-refractivity contribution in [3.63, 3.8) is 0 Å². The molecule has 0 radical (unpaired) electrons. The lowest BCUT2D eigenvalue weighted by Crippen LogP contribution is -2.09. The lowest BCUT2D eigenvalue weighted by Gasteiger charge is -2.08. The second kappa shape index (κ2) is 5.32. The van der Waals surface area contributed by atoms with Crippen LogP contribution in [0.15, 0.2) is 18.2 Å². The number of aliphatic hydroxyl groups is 1. The molecule has 2 N–H and O–H groups in total. The van der Waals surface area contributed by atoms with Crippen LogP contribution in [-0.4, -0.2) is 17.8 Å². The van der Waals surface area contributed by atoms with Crippen LogP contribution in [-0.2, 0) is 0 Å². The average Bonchev–Trinajstić information content (AvgIpc) is 2.20. The fraction of sp³-hybridized carbons (Fsp3) is 0.364. The summed E-state index contributed by atoms with van der Waals surface area (Å²) < 4.78 is 12.9. The van der Waals surface area contributed by atoms with Crippen LogP contribution in [0.4, 0.5) is 10.1 Å². The predicted octanol–water partition coefficient (Wildman–Crippen LogP) is 1.88. The lowest BCUT2D eigenvalue weighted by atomic mass is 10.2. The second-order valence-corrected chi connectivity index (χ2v) is 3.37. The third-order valence-electron chi connectivity index (χ3n) is 1.98. The summed E-state index contributed by atoms with van der Waals surface area (Å²) in [6.07, 6.45) is 0.243.